The first-order valence-electron chi connectivity index (χ1n) is 17.1. The molecule has 0 saturated carbocycles. The molecule has 0 aliphatic carbocycles. The number of anilines is 4. The largest absolute Gasteiger partial charge is 0.457 e. The van der Waals surface area contributed by atoms with Crippen molar-refractivity contribution in [2.75, 3.05) is 16.5 Å². The van der Waals surface area contributed by atoms with Crippen LogP contribution >= 0.6 is 11.8 Å². The summed E-state index contributed by atoms with van der Waals surface area (Å²) in [6, 6.07) is 63.9. The summed E-state index contributed by atoms with van der Waals surface area (Å²) in [6.07, 6.45) is 1.82. The predicted molar refractivity (Wildman–Crippen MR) is 212 cm³/mol. The second kappa shape index (κ2) is 13.5. The zero-order chi connectivity index (χ0) is 34.0. The van der Waals surface area contributed by atoms with Gasteiger partial charge in [-0.15, -0.1) is 0 Å². The van der Waals surface area contributed by atoms with Gasteiger partial charge in [-0.25, -0.2) is 4.98 Å². The third kappa shape index (κ3) is 6.09. The Morgan fingerprint density at radius 1 is 0.510 bits per heavy atom. The molecule has 2 heterocycles. The second-order valence-corrected chi connectivity index (χ2v) is 13.5. The van der Waals surface area contributed by atoms with Gasteiger partial charge in [-0.05, 0) is 65.0 Å². The molecule has 51 heavy (non-hydrogen) atoms. The minimum atomic E-state index is 0.632. The van der Waals surface area contributed by atoms with E-state index < -0.39 is 0 Å². The van der Waals surface area contributed by atoms with Crippen LogP contribution in [0.3, 0.4) is 0 Å². The first-order valence-corrected chi connectivity index (χ1v) is 17.9. The van der Waals surface area contributed by atoms with Gasteiger partial charge in [0.15, 0.2) is 0 Å². The minimum absolute atomic E-state index is 0.632. The summed E-state index contributed by atoms with van der Waals surface area (Å²) in [7, 11) is 0. The van der Waals surface area contributed by atoms with E-state index in [2.05, 4.69) is 160 Å². The second-order valence-electron chi connectivity index (χ2n) is 12.4. The molecular weight excluding hydrogens is 643 g/mol. The molecule has 8 aromatic rings. The first-order chi connectivity index (χ1) is 25.3. The molecule has 0 fully saturated rings. The van der Waals surface area contributed by atoms with Gasteiger partial charge in [0, 0.05) is 39.4 Å². The highest BCUT2D eigenvalue weighted by Crippen LogP contribution is 2.52. The van der Waals surface area contributed by atoms with E-state index in [4.69, 9.17) is 4.74 Å². The third-order valence-corrected chi connectivity index (χ3v) is 10.2. The van der Waals surface area contributed by atoms with E-state index in [-0.39, 0.29) is 0 Å². The summed E-state index contributed by atoms with van der Waals surface area (Å²) >= 11 is 1.62. The maximum atomic E-state index is 6.51. The SMILES string of the molecule is c1ccc(-c2cccc(-c3ccccc3)c2N2CN(c3cccc(Oc4cccc(Sc5ccccn5)c4)c3)c3ccc4ccccc4c32)cc1. The smallest absolute Gasteiger partial charge is 0.129 e. The number of ether oxygens (including phenoxy) is 1. The van der Waals surface area contributed by atoms with Gasteiger partial charge in [0.25, 0.3) is 0 Å². The molecule has 0 atom stereocenters. The van der Waals surface area contributed by atoms with Gasteiger partial charge in [-0.1, -0.05) is 139 Å². The molecule has 7 aromatic carbocycles. The van der Waals surface area contributed by atoms with Gasteiger partial charge >= 0.3 is 0 Å². The summed E-state index contributed by atoms with van der Waals surface area (Å²) in [5.74, 6) is 1.56. The summed E-state index contributed by atoms with van der Waals surface area (Å²) in [4.78, 5) is 10.4. The topological polar surface area (TPSA) is 28.6 Å². The fourth-order valence-corrected chi connectivity index (χ4v) is 7.78. The number of nitrogens with zero attached hydrogens (tertiary/aromatic N) is 3. The molecule has 4 nitrogen and oxygen atoms in total. The molecule has 0 spiro atoms. The van der Waals surface area contributed by atoms with Crippen molar-refractivity contribution in [3.63, 3.8) is 0 Å². The lowest BCUT2D eigenvalue weighted by atomic mass is 9.94. The first kappa shape index (κ1) is 30.7. The number of benzene rings is 7. The molecule has 244 valence electrons. The number of pyridine rings is 1. The Kier molecular flexibility index (Phi) is 8.16. The van der Waals surface area contributed by atoms with E-state index in [1.807, 2.05) is 42.6 Å². The highest BCUT2D eigenvalue weighted by Gasteiger charge is 2.33. The van der Waals surface area contributed by atoms with E-state index in [0.29, 0.717) is 6.67 Å². The van der Waals surface area contributed by atoms with Crippen LogP contribution in [-0.2, 0) is 0 Å². The average Bonchev–Trinajstić information content (AvgIpc) is 3.59. The Balaban J connectivity index is 1.14. The zero-order valence-electron chi connectivity index (χ0n) is 27.8. The van der Waals surface area contributed by atoms with Crippen molar-refractivity contribution >= 4 is 45.3 Å². The van der Waals surface area contributed by atoms with Gasteiger partial charge in [-0.2, -0.15) is 0 Å². The van der Waals surface area contributed by atoms with Crippen molar-refractivity contribution in [2.24, 2.45) is 0 Å². The van der Waals surface area contributed by atoms with Crippen molar-refractivity contribution < 1.29 is 4.74 Å². The van der Waals surface area contributed by atoms with Crippen molar-refractivity contribution in [2.45, 2.75) is 9.92 Å². The van der Waals surface area contributed by atoms with Gasteiger partial charge in [0.05, 0.1) is 17.1 Å². The number of rotatable bonds is 8. The standard InChI is InChI=1S/C46H33N3OS/c1-3-14-33(15-4-1)40-24-13-25-41(34-16-5-2-6-17-34)45(40)49-32-48(43-28-27-35-18-7-8-23-42(35)46(43)49)36-19-11-20-37(30-36)50-38-21-12-22-39(31-38)51-44-26-9-10-29-47-44/h1-31H,32H2. The van der Waals surface area contributed by atoms with Crippen molar-refractivity contribution in [3.8, 4) is 33.8 Å². The Labute approximate surface area is 302 Å². The molecular formula is C46H33N3OS. The monoisotopic (exact) mass is 675 g/mol. The Hall–Kier alpha value is -6.30. The van der Waals surface area contributed by atoms with Crippen molar-refractivity contribution in [3.05, 3.63) is 188 Å². The van der Waals surface area contributed by atoms with Crippen molar-refractivity contribution in [1.82, 2.24) is 4.98 Å². The summed E-state index contributed by atoms with van der Waals surface area (Å²) in [5.41, 5.74) is 9.35. The van der Waals surface area contributed by atoms with Crippen molar-refractivity contribution in [1.29, 1.82) is 0 Å². The fraction of sp³-hybridized carbons (Fsp3) is 0.0217. The third-order valence-electron chi connectivity index (χ3n) is 9.23. The highest BCUT2D eigenvalue weighted by molar-refractivity contribution is 7.99. The number of hydrogen-bond donors (Lipinski definition) is 0. The van der Waals surface area contributed by atoms with Gasteiger partial charge in [0.2, 0.25) is 0 Å². The number of para-hydroxylation sites is 1. The van der Waals surface area contributed by atoms with E-state index in [9.17, 15) is 0 Å². The number of hydrogen-bond acceptors (Lipinski definition) is 5. The molecule has 0 amide bonds. The van der Waals surface area contributed by atoms with Crippen LogP contribution in [0.2, 0.25) is 0 Å². The molecule has 9 rings (SSSR count). The summed E-state index contributed by atoms with van der Waals surface area (Å²) in [5, 5.41) is 3.38. The van der Waals surface area contributed by atoms with Gasteiger partial charge in [0.1, 0.15) is 23.2 Å². The van der Waals surface area contributed by atoms with Crippen LogP contribution in [0.1, 0.15) is 0 Å². The number of fused-ring (bicyclic) bond motifs is 3. The van der Waals surface area contributed by atoms with E-state index >= 15 is 0 Å². The lowest BCUT2D eigenvalue weighted by Gasteiger charge is -2.27. The quantitative estimate of drug-likeness (QED) is 0.160. The van der Waals surface area contributed by atoms with E-state index in [1.165, 1.54) is 44.4 Å². The van der Waals surface area contributed by atoms with Crippen LogP contribution in [0.5, 0.6) is 11.5 Å². The molecule has 0 radical (unpaired) electrons. The Bertz CT molecular complexity index is 2410. The van der Waals surface area contributed by atoms with Crippen LogP contribution in [0, 0.1) is 0 Å². The van der Waals surface area contributed by atoms with E-state index in [1.54, 1.807) is 11.8 Å². The molecule has 0 N–H and O–H groups in total. The van der Waals surface area contributed by atoms with Gasteiger partial charge in [-0.3, -0.25) is 0 Å². The van der Waals surface area contributed by atoms with Gasteiger partial charge < -0.3 is 14.5 Å². The highest BCUT2D eigenvalue weighted by atomic mass is 32.2. The normalized spacial score (nSPS) is 12.2. The zero-order valence-corrected chi connectivity index (χ0v) is 28.6. The van der Waals surface area contributed by atoms with Crippen LogP contribution in [0.4, 0.5) is 22.7 Å². The Morgan fingerprint density at radius 2 is 1.18 bits per heavy atom. The molecule has 5 heteroatoms. The van der Waals surface area contributed by atoms with E-state index in [0.717, 1.165) is 32.8 Å². The molecule has 1 aromatic heterocycles. The summed E-state index contributed by atoms with van der Waals surface area (Å²) in [6.45, 7) is 0.632. The molecule has 0 bridgehead atoms. The van der Waals surface area contributed by atoms with Crippen LogP contribution in [0.15, 0.2) is 198 Å². The van der Waals surface area contributed by atoms with Crippen LogP contribution in [-0.4, -0.2) is 11.7 Å². The molecule has 1 aliphatic rings. The predicted octanol–water partition coefficient (Wildman–Crippen LogP) is 12.8. The van der Waals surface area contributed by atoms with Crippen LogP contribution in [0.25, 0.3) is 33.0 Å². The fourth-order valence-electron chi connectivity index (χ4n) is 6.95. The maximum Gasteiger partial charge on any atom is 0.129 e. The lowest BCUT2D eigenvalue weighted by molar-refractivity contribution is 0.481. The summed E-state index contributed by atoms with van der Waals surface area (Å²) < 4.78 is 6.51. The molecule has 1 aliphatic heterocycles. The molecule has 0 saturated heterocycles. The molecule has 0 unspecified atom stereocenters. The van der Waals surface area contributed by atoms with Crippen LogP contribution < -0.4 is 14.5 Å². The number of aromatic nitrogens is 1. The lowest BCUT2D eigenvalue weighted by Crippen LogP contribution is -2.25. The minimum Gasteiger partial charge on any atom is -0.457 e. The average molecular weight is 676 g/mol. The maximum absolute atomic E-state index is 6.51. The Morgan fingerprint density at radius 3 is 1.92 bits per heavy atom.